The van der Waals surface area contributed by atoms with Gasteiger partial charge in [-0.1, -0.05) is 12.1 Å². The normalized spacial score (nSPS) is 18.3. The minimum absolute atomic E-state index is 0.117. The lowest BCUT2D eigenvalue weighted by molar-refractivity contribution is -0.142. The molecule has 8 heteroatoms. The number of hydrogen-bond acceptors (Lipinski definition) is 6. The topological polar surface area (TPSA) is 77.5 Å². The highest BCUT2D eigenvalue weighted by Gasteiger charge is 2.36. The van der Waals surface area contributed by atoms with Crippen LogP contribution < -0.4 is 19.1 Å². The molecule has 2 heterocycles. The van der Waals surface area contributed by atoms with Gasteiger partial charge in [-0.15, -0.1) is 0 Å². The predicted molar refractivity (Wildman–Crippen MR) is 109 cm³/mol. The molecule has 0 spiro atoms. The molecule has 30 heavy (non-hydrogen) atoms. The molecule has 158 valence electrons. The first-order valence-electron chi connectivity index (χ1n) is 9.78. The average Bonchev–Trinajstić information content (AvgIpc) is 2.82. The van der Waals surface area contributed by atoms with E-state index in [-0.39, 0.29) is 18.4 Å². The molecule has 0 aromatic heterocycles. The van der Waals surface area contributed by atoms with E-state index in [9.17, 15) is 9.59 Å². The van der Waals surface area contributed by atoms with Gasteiger partial charge >= 0.3 is 0 Å². The van der Waals surface area contributed by atoms with Gasteiger partial charge in [0.15, 0.2) is 6.10 Å². The minimum atomic E-state index is -0.783. The molecule has 2 aliphatic rings. The van der Waals surface area contributed by atoms with Gasteiger partial charge in [0.1, 0.15) is 17.2 Å². The maximum absolute atomic E-state index is 13.5. The standard InChI is InChI=1S/C22H24N2O6/c1-27-16-11-15(12-17(13-16)28-2)21(25)24-14-20(22(26)23-7-9-29-10-8-23)30-19-6-4-3-5-18(19)24/h3-6,11-13,20H,7-10,14H2,1-2H3/t20-/m1/s1. The molecule has 8 nitrogen and oxygen atoms in total. The predicted octanol–water partition coefficient (Wildman–Crippen LogP) is 1.97. The van der Waals surface area contributed by atoms with E-state index in [1.54, 1.807) is 40.1 Å². The molecular weight excluding hydrogens is 388 g/mol. The van der Waals surface area contributed by atoms with Gasteiger partial charge < -0.3 is 28.7 Å². The Balaban J connectivity index is 1.66. The van der Waals surface area contributed by atoms with Crippen molar-refractivity contribution in [3.63, 3.8) is 0 Å². The van der Waals surface area contributed by atoms with E-state index in [4.69, 9.17) is 18.9 Å². The number of nitrogens with zero attached hydrogens (tertiary/aromatic N) is 2. The second-order valence-electron chi connectivity index (χ2n) is 7.03. The zero-order valence-electron chi connectivity index (χ0n) is 17.0. The summed E-state index contributed by atoms with van der Waals surface area (Å²) in [5.74, 6) is 1.12. The molecule has 2 amide bonds. The zero-order valence-corrected chi connectivity index (χ0v) is 17.0. The van der Waals surface area contributed by atoms with Crippen molar-refractivity contribution in [2.75, 3.05) is 52.0 Å². The van der Waals surface area contributed by atoms with E-state index in [1.807, 2.05) is 12.1 Å². The summed E-state index contributed by atoms with van der Waals surface area (Å²) in [6.45, 7) is 2.15. The fraction of sp³-hybridized carbons (Fsp3) is 0.364. The minimum Gasteiger partial charge on any atom is -0.497 e. The molecule has 2 aromatic rings. The Kier molecular flexibility index (Phi) is 5.76. The fourth-order valence-corrected chi connectivity index (χ4v) is 3.63. The molecule has 1 saturated heterocycles. The van der Waals surface area contributed by atoms with Gasteiger partial charge in [0.2, 0.25) is 0 Å². The molecule has 2 aliphatic heterocycles. The second-order valence-corrected chi connectivity index (χ2v) is 7.03. The van der Waals surface area contributed by atoms with Crippen LogP contribution in [0.1, 0.15) is 10.4 Å². The van der Waals surface area contributed by atoms with E-state index in [0.29, 0.717) is 54.8 Å². The highest BCUT2D eigenvalue weighted by molar-refractivity contribution is 6.08. The van der Waals surface area contributed by atoms with Gasteiger partial charge in [0.05, 0.1) is 39.7 Å². The van der Waals surface area contributed by atoms with Crippen LogP contribution in [0, 0.1) is 0 Å². The maximum atomic E-state index is 13.5. The van der Waals surface area contributed by atoms with Crippen molar-refractivity contribution >= 4 is 17.5 Å². The van der Waals surface area contributed by atoms with Gasteiger partial charge in [-0.3, -0.25) is 9.59 Å². The summed E-state index contributed by atoms with van der Waals surface area (Å²) in [5, 5.41) is 0. The maximum Gasteiger partial charge on any atom is 0.265 e. The third kappa shape index (κ3) is 3.91. The Morgan fingerprint density at radius 3 is 2.33 bits per heavy atom. The summed E-state index contributed by atoms with van der Waals surface area (Å²) in [6.07, 6.45) is -0.783. The first-order chi connectivity index (χ1) is 14.6. The van der Waals surface area contributed by atoms with E-state index in [1.165, 1.54) is 14.2 Å². The number of carbonyl (C=O) groups excluding carboxylic acids is 2. The van der Waals surface area contributed by atoms with Crippen LogP contribution in [0.3, 0.4) is 0 Å². The van der Waals surface area contributed by atoms with E-state index in [2.05, 4.69) is 0 Å². The number of methoxy groups -OCH3 is 2. The lowest BCUT2D eigenvalue weighted by Crippen LogP contribution is -2.54. The molecule has 1 fully saturated rings. The van der Waals surface area contributed by atoms with E-state index >= 15 is 0 Å². The van der Waals surface area contributed by atoms with Crippen molar-refractivity contribution in [3.05, 3.63) is 48.0 Å². The number of para-hydroxylation sites is 2. The van der Waals surface area contributed by atoms with Crippen LogP contribution >= 0.6 is 0 Å². The molecule has 0 unspecified atom stereocenters. The summed E-state index contributed by atoms with van der Waals surface area (Å²) in [5.41, 5.74) is 1.02. The van der Waals surface area contributed by atoms with Gasteiger partial charge in [-0.2, -0.15) is 0 Å². The number of morpholine rings is 1. The number of ether oxygens (including phenoxy) is 4. The number of anilines is 1. The Labute approximate surface area is 174 Å². The second kappa shape index (κ2) is 8.62. The van der Waals surface area contributed by atoms with Crippen LogP contribution in [-0.4, -0.2) is 69.9 Å². The number of amides is 2. The molecular formula is C22H24N2O6. The summed E-state index contributed by atoms with van der Waals surface area (Å²) < 4.78 is 21.9. The summed E-state index contributed by atoms with van der Waals surface area (Å²) in [4.78, 5) is 29.8. The molecule has 1 atom stereocenters. The van der Waals surface area contributed by atoms with Gasteiger partial charge in [0, 0.05) is 24.7 Å². The van der Waals surface area contributed by atoms with Crippen molar-refractivity contribution in [3.8, 4) is 17.2 Å². The molecule has 0 bridgehead atoms. The van der Waals surface area contributed by atoms with Crippen molar-refractivity contribution < 1.29 is 28.5 Å². The Morgan fingerprint density at radius 2 is 1.67 bits per heavy atom. The van der Waals surface area contributed by atoms with E-state index in [0.717, 1.165) is 0 Å². The zero-order chi connectivity index (χ0) is 21.1. The number of rotatable bonds is 4. The van der Waals surface area contributed by atoms with Crippen LogP contribution in [-0.2, 0) is 9.53 Å². The van der Waals surface area contributed by atoms with Crippen molar-refractivity contribution in [2.24, 2.45) is 0 Å². The third-order valence-electron chi connectivity index (χ3n) is 5.22. The monoisotopic (exact) mass is 412 g/mol. The van der Waals surface area contributed by atoms with Crippen LogP contribution in [0.25, 0.3) is 0 Å². The average molecular weight is 412 g/mol. The summed E-state index contributed by atoms with van der Waals surface area (Å²) in [6, 6.07) is 12.2. The first kappa shape index (κ1) is 20.0. The lowest BCUT2D eigenvalue weighted by Gasteiger charge is -2.37. The van der Waals surface area contributed by atoms with E-state index < -0.39 is 6.10 Å². The SMILES string of the molecule is COc1cc(OC)cc(C(=O)N2C[C@H](C(=O)N3CCOCC3)Oc3ccccc32)c1. The van der Waals surface area contributed by atoms with Gasteiger partial charge in [-0.25, -0.2) is 0 Å². The third-order valence-corrected chi connectivity index (χ3v) is 5.22. The van der Waals surface area contributed by atoms with Gasteiger partial charge in [0.25, 0.3) is 11.8 Å². The number of fused-ring (bicyclic) bond motifs is 1. The van der Waals surface area contributed by atoms with Crippen LogP contribution in [0.2, 0.25) is 0 Å². The number of benzene rings is 2. The Hall–Kier alpha value is -3.26. The lowest BCUT2D eigenvalue weighted by atomic mass is 10.1. The largest absolute Gasteiger partial charge is 0.497 e. The molecule has 0 saturated carbocycles. The quantitative estimate of drug-likeness (QED) is 0.764. The molecule has 4 rings (SSSR count). The van der Waals surface area contributed by atoms with Crippen LogP contribution in [0.15, 0.2) is 42.5 Å². The first-order valence-corrected chi connectivity index (χ1v) is 9.78. The number of hydrogen-bond donors (Lipinski definition) is 0. The highest BCUT2D eigenvalue weighted by atomic mass is 16.5. The van der Waals surface area contributed by atoms with Crippen molar-refractivity contribution in [1.29, 1.82) is 0 Å². The van der Waals surface area contributed by atoms with Crippen LogP contribution in [0.4, 0.5) is 5.69 Å². The Morgan fingerprint density at radius 1 is 1.00 bits per heavy atom. The molecule has 0 radical (unpaired) electrons. The highest BCUT2D eigenvalue weighted by Crippen LogP contribution is 2.35. The fourth-order valence-electron chi connectivity index (χ4n) is 3.63. The summed E-state index contributed by atoms with van der Waals surface area (Å²) >= 11 is 0. The molecule has 2 aromatic carbocycles. The van der Waals surface area contributed by atoms with Crippen molar-refractivity contribution in [2.45, 2.75) is 6.10 Å². The van der Waals surface area contributed by atoms with Crippen LogP contribution in [0.5, 0.6) is 17.2 Å². The van der Waals surface area contributed by atoms with Gasteiger partial charge in [-0.05, 0) is 24.3 Å². The van der Waals surface area contributed by atoms with Crippen molar-refractivity contribution in [1.82, 2.24) is 4.90 Å². The Bertz CT molecular complexity index is 919. The molecule has 0 N–H and O–H groups in total. The molecule has 0 aliphatic carbocycles. The number of carbonyl (C=O) groups is 2. The smallest absolute Gasteiger partial charge is 0.265 e. The summed E-state index contributed by atoms with van der Waals surface area (Å²) in [7, 11) is 3.06.